The Morgan fingerprint density at radius 2 is 1.95 bits per heavy atom. The first-order valence-corrected chi connectivity index (χ1v) is 7.93. The Labute approximate surface area is 127 Å². The molecule has 0 atom stereocenters. The molecule has 0 bridgehead atoms. The molecule has 0 radical (unpaired) electrons. The van der Waals surface area contributed by atoms with Crippen LogP contribution >= 0.6 is 0 Å². The molecule has 1 fully saturated rings. The lowest BCUT2D eigenvalue weighted by atomic mass is 9.67. The molecule has 1 aromatic carbocycles. The van der Waals surface area contributed by atoms with Crippen LogP contribution in [-0.2, 0) is 5.41 Å². The van der Waals surface area contributed by atoms with E-state index in [0.717, 1.165) is 24.0 Å². The Bertz CT molecular complexity index is 640. The van der Waals surface area contributed by atoms with Gasteiger partial charge in [-0.05, 0) is 61.1 Å². The molecule has 1 heteroatoms. The summed E-state index contributed by atoms with van der Waals surface area (Å²) in [4.78, 5) is 0. The van der Waals surface area contributed by atoms with Gasteiger partial charge in [-0.3, -0.25) is 0 Å². The normalized spacial score (nSPS) is 22.9. The second-order valence-electron chi connectivity index (χ2n) is 6.40. The molecule has 0 saturated heterocycles. The topological polar surface area (TPSA) is 0 Å². The highest BCUT2D eigenvalue weighted by Gasteiger charge is 2.45. The van der Waals surface area contributed by atoms with Crippen molar-refractivity contribution in [3.63, 3.8) is 0 Å². The summed E-state index contributed by atoms with van der Waals surface area (Å²) < 4.78 is 13.8. The number of halogens is 1. The van der Waals surface area contributed by atoms with Crippen LogP contribution in [0.15, 0.2) is 48.1 Å². The molecule has 1 aromatic rings. The molecule has 110 valence electrons. The zero-order chi connectivity index (χ0) is 15.0. The molecule has 21 heavy (non-hydrogen) atoms. The van der Waals surface area contributed by atoms with Crippen LogP contribution in [0.25, 0.3) is 5.57 Å². The molecule has 0 heterocycles. The van der Waals surface area contributed by atoms with Gasteiger partial charge in [0.2, 0.25) is 0 Å². The van der Waals surface area contributed by atoms with E-state index in [1.807, 2.05) is 6.07 Å². The first-order chi connectivity index (χ1) is 10.1. The Kier molecular flexibility index (Phi) is 3.61. The molecule has 1 spiro atoms. The van der Waals surface area contributed by atoms with E-state index in [1.165, 1.54) is 36.0 Å². The summed E-state index contributed by atoms with van der Waals surface area (Å²) in [5.41, 5.74) is 5.98. The fourth-order valence-corrected chi connectivity index (χ4v) is 3.98. The van der Waals surface area contributed by atoms with E-state index in [4.69, 9.17) is 0 Å². The van der Waals surface area contributed by atoms with Crippen molar-refractivity contribution in [2.45, 2.75) is 51.4 Å². The fraction of sp³-hybridized carbons (Fsp3) is 0.400. The average molecular weight is 282 g/mol. The van der Waals surface area contributed by atoms with Crippen molar-refractivity contribution in [1.29, 1.82) is 0 Å². The number of hydrogen-bond donors (Lipinski definition) is 0. The maximum Gasteiger partial charge on any atom is 0.123 e. The number of fused-ring (bicyclic) bond motifs is 2. The molecule has 0 aromatic heterocycles. The second-order valence-corrected chi connectivity index (χ2v) is 6.40. The third-order valence-corrected chi connectivity index (χ3v) is 5.20. The second kappa shape index (κ2) is 5.29. The maximum atomic E-state index is 13.8. The molecule has 0 nitrogen and oxygen atoms in total. The van der Waals surface area contributed by atoms with Crippen molar-refractivity contribution in [2.24, 2.45) is 0 Å². The third kappa shape index (κ3) is 2.19. The molecule has 2 aliphatic rings. The molecule has 3 rings (SSSR count). The summed E-state index contributed by atoms with van der Waals surface area (Å²) in [6.45, 7) is 8.51. The van der Waals surface area contributed by atoms with Crippen molar-refractivity contribution in [1.82, 2.24) is 0 Å². The number of benzene rings is 1. The van der Waals surface area contributed by atoms with Gasteiger partial charge in [0.05, 0.1) is 0 Å². The number of rotatable bonds is 1. The summed E-state index contributed by atoms with van der Waals surface area (Å²) in [6, 6.07) is 5.22. The summed E-state index contributed by atoms with van der Waals surface area (Å²) in [7, 11) is 0. The third-order valence-electron chi connectivity index (χ3n) is 5.20. The summed E-state index contributed by atoms with van der Waals surface area (Å²) in [5, 5.41) is 0. The molecule has 2 aliphatic carbocycles. The van der Waals surface area contributed by atoms with Gasteiger partial charge in [0, 0.05) is 5.41 Å². The molecular formula is C20H23F. The quantitative estimate of drug-likeness (QED) is 0.597. The first kappa shape index (κ1) is 14.3. The van der Waals surface area contributed by atoms with E-state index in [9.17, 15) is 4.39 Å². The van der Waals surface area contributed by atoms with Crippen LogP contribution in [0.2, 0.25) is 0 Å². The van der Waals surface area contributed by atoms with Crippen LogP contribution in [0.4, 0.5) is 4.39 Å². The highest BCUT2D eigenvalue weighted by molar-refractivity contribution is 5.89. The van der Waals surface area contributed by atoms with Crippen LogP contribution in [0.5, 0.6) is 0 Å². The SMILES string of the molecule is C=C1/C(=C\C(C)=C/C)C2(CCCCC2)c2cc(F)ccc21. The number of allylic oxidation sites excluding steroid dienone is 5. The van der Waals surface area contributed by atoms with E-state index in [2.05, 4.69) is 32.6 Å². The van der Waals surface area contributed by atoms with Gasteiger partial charge < -0.3 is 0 Å². The standard InChI is InChI=1S/C20H23F/c1-4-14(2)12-18-15(3)17-9-8-16(21)13-19(17)20(18)10-6-5-7-11-20/h4,8-9,12-13H,3,5-7,10-11H2,1-2H3/b14-4-,18-12+. The molecular weight excluding hydrogens is 259 g/mol. The maximum absolute atomic E-state index is 13.8. The molecule has 0 amide bonds. The lowest BCUT2D eigenvalue weighted by Crippen LogP contribution is -2.28. The van der Waals surface area contributed by atoms with Gasteiger partial charge in [0.15, 0.2) is 0 Å². The van der Waals surface area contributed by atoms with Gasteiger partial charge in [-0.15, -0.1) is 0 Å². The summed E-state index contributed by atoms with van der Waals surface area (Å²) in [6.07, 6.45) is 10.3. The van der Waals surface area contributed by atoms with Crippen molar-refractivity contribution in [3.8, 4) is 0 Å². The van der Waals surface area contributed by atoms with Crippen molar-refractivity contribution < 1.29 is 4.39 Å². The van der Waals surface area contributed by atoms with Crippen LogP contribution in [-0.4, -0.2) is 0 Å². The van der Waals surface area contributed by atoms with Gasteiger partial charge >= 0.3 is 0 Å². The molecule has 0 aliphatic heterocycles. The van der Waals surface area contributed by atoms with Crippen LogP contribution in [0, 0.1) is 5.82 Å². The van der Waals surface area contributed by atoms with Crippen molar-refractivity contribution in [3.05, 3.63) is 65.0 Å². The van der Waals surface area contributed by atoms with Gasteiger partial charge in [-0.2, -0.15) is 0 Å². The minimum Gasteiger partial charge on any atom is -0.207 e. The lowest BCUT2D eigenvalue weighted by Gasteiger charge is -2.36. The van der Waals surface area contributed by atoms with Crippen molar-refractivity contribution >= 4 is 5.57 Å². The number of hydrogen-bond acceptors (Lipinski definition) is 0. The average Bonchev–Trinajstić information content (AvgIpc) is 2.71. The highest BCUT2D eigenvalue weighted by atomic mass is 19.1. The molecule has 0 unspecified atom stereocenters. The van der Waals surface area contributed by atoms with Crippen LogP contribution < -0.4 is 0 Å². The first-order valence-electron chi connectivity index (χ1n) is 7.93. The monoisotopic (exact) mass is 282 g/mol. The van der Waals surface area contributed by atoms with Gasteiger partial charge in [-0.25, -0.2) is 4.39 Å². The molecule has 1 saturated carbocycles. The fourth-order valence-electron chi connectivity index (χ4n) is 3.98. The lowest BCUT2D eigenvalue weighted by molar-refractivity contribution is 0.351. The highest BCUT2D eigenvalue weighted by Crippen LogP contribution is 2.56. The predicted molar refractivity (Wildman–Crippen MR) is 87.7 cm³/mol. The van der Waals surface area contributed by atoms with Crippen LogP contribution in [0.1, 0.15) is 57.1 Å². The van der Waals surface area contributed by atoms with Crippen molar-refractivity contribution in [2.75, 3.05) is 0 Å². The zero-order valence-electron chi connectivity index (χ0n) is 13.0. The van der Waals surface area contributed by atoms with E-state index in [1.54, 1.807) is 12.1 Å². The smallest absolute Gasteiger partial charge is 0.123 e. The van der Waals surface area contributed by atoms with E-state index >= 15 is 0 Å². The minimum absolute atomic E-state index is 0.00294. The summed E-state index contributed by atoms with van der Waals surface area (Å²) in [5.74, 6) is -0.129. The Hall–Kier alpha value is -1.63. The predicted octanol–water partition coefficient (Wildman–Crippen LogP) is 5.95. The largest absolute Gasteiger partial charge is 0.207 e. The Morgan fingerprint density at radius 1 is 1.24 bits per heavy atom. The Morgan fingerprint density at radius 3 is 2.62 bits per heavy atom. The van der Waals surface area contributed by atoms with Gasteiger partial charge in [0.25, 0.3) is 0 Å². The molecule has 0 N–H and O–H groups in total. The van der Waals surface area contributed by atoms with Gasteiger partial charge in [0.1, 0.15) is 5.82 Å². The zero-order valence-corrected chi connectivity index (χ0v) is 13.0. The minimum atomic E-state index is -0.129. The summed E-state index contributed by atoms with van der Waals surface area (Å²) >= 11 is 0. The van der Waals surface area contributed by atoms with Crippen LogP contribution in [0.3, 0.4) is 0 Å². The Balaban J connectivity index is 2.22. The van der Waals surface area contributed by atoms with E-state index in [-0.39, 0.29) is 11.2 Å². The van der Waals surface area contributed by atoms with E-state index < -0.39 is 0 Å². The van der Waals surface area contributed by atoms with E-state index in [0.29, 0.717) is 0 Å². The van der Waals surface area contributed by atoms with Gasteiger partial charge in [-0.1, -0.05) is 49.6 Å².